The fourth-order valence-electron chi connectivity index (χ4n) is 2.56. The van der Waals surface area contributed by atoms with E-state index >= 15 is 0 Å². The van der Waals surface area contributed by atoms with Crippen LogP contribution in [0.15, 0.2) is 34.0 Å². The van der Waals surface area contributed by atoms with E-state index in [1.165, 1.54) is 5.56 Å². The van der Waals surface area contributed by atoms with Crippen LogP contribution in [0.25, 0.3) is 0 Å². The third-order valence-electron chi connectivity index (χ3n) is 3.58. The van der Waals surface area contributed by atoms with Gasteiger partial charge in [-0.2, -0.15) is 11.3 Å². The highest BCUT2D eigenvalue weighted by molar-refractivity contribution is 7.07. The van der Waals surface area contributed by atoms with Gasteiger partial charge in [-0.3, -0.25) is 4.79 Å². The Hall–Kier alpha value is -1.66. The van der Waals surface area contributed by atoms with Crippen LogP contribution in [0.4, 0.5) is 5.82 Å². The van der Waals surface area contributed by atoms with Crippen molar-refractivity contribution in [3.05, 3.63) is 45.1 Å². The highest BCUT2D eigenvalue weighted by Gasteiger charge is 2.22. The molecule has 0 unspecified atom stereocenters. The third kappa shape index (κ3) is 3.08. The first-order chi connectivity index (χ1) is 9.83. The molecule has 0 radical (unpaired) electrons. The van der Waals surface area contributed by atoms with Crippen LogP contribution in [-0.2, 0) is 6.54 Å². The number of thiophene rings is 1. The van der Waals surface area contributed by atoms with Gasteiger partial charge in [0, 0.05) is 38.1 Å². The molecule has 3 heterocycles. The van der Waals surface area contributed by atoms with Gasteiger partial charge in [0.2, 0.25) is 0 Å². The highest BCUT2D eigenvalue weighted by Crippen LogP contribution is 2.15. The van der Waals surface area contributed by atoms with Crippen molar-refractivity contribution in [2.75, 3.05) is 18.0 Å². The second-order valence-corrected chi connectivity index (χ2v) is 5.82. The van der Waals surface area contributed by atoms with Gasteiger partial charge in [0.1, 0.15) is 0 Å². The van der Waals surface area contributed by atoms with E-state index in [0.29, 0.717) is 11.9 Å². The summed E-state index contributed by atoms with van der Waals surface area (Å²) in [7, 11) is 0. The number of rotatable bonds is 4. The first kappa shape index (κ1) is 13.3. The molecule has 1 aliphatic heterocycles. The Labute approximate surface area is 121 Å². The lowest BCUT2D eigenvalue weighted by Crippen LogP contribution is -2.47. The number of nitrogens with one attached hydrogen (secondary N) is 2. The van der Waals surface area contributed by atoms with Crippen molar-refractivity contribution in [1.29, 1.82) is 0 Å². The molecule has 0 amide bonds. The number of hydrogen-bond donors (Lipinski definition) is 2. The molecule has 1 atom stereocenters. The largest absolute Gasteiger partial charge is 0.350 e. The molecule has 2 aromatic heterocycles. The number of aromatic amines is 1. The van der Waals surface area contributed by atoms with E-state index in [-0.39, 0.29) is 5.56 Å². The van der Waals surface area contributed by atoms with Crippen molar-refractivity contribution in [2.45, 2.75) is 25.4 Å². The highest BCUT2D eigenvalue weighted by atomic mass is 32.1. The Morgan fingerprint density at radius 1 is 1.55 bits per heavy atom. The zero-order chi connectivity index (χ0) is 13.8. The molecular formula is C14H18N4OS. The van der Waals surface area contributed by atoms with Crippen LogP contribution in [0, 0.1) is 0 Å². The summed E-state index contributed by atoms with van der Waals surface area (Å²) in [4.78, 5) is 20.8. The molecule has 6 heteroatoms. The predicted molar refractivity (Wildman–Crippen MR) is 81.3 cm³/mol. The van der Waals surface area contributed by atoms with Crippen LogP contribution in [0.2, 0.25) is 0 Å². The molecule has 1 aliphatic rings. The van der Waals surface area contributed by atoms with Crippen molar-refractivity contribution in [2.24, 2.45) is 0 Å². The number of aromatic nitrogens is 2. The third-order valence-corrected chi connectivity index (χ3v) is 4.32. The summed E-state index contributed by atoms with van der Waals surface area (Å²) in [5, 5.41) is 7.83. The normalized spacial score (nSPS) is 19.2. The Morgan fingerprint density at radius 3 is 3.30 bits per heavy atom. The second kappa shape index (κ2) is 6.19. The van der Waals surface area contributed by atoms with Gasteiger partial charge in [-0.05, 0) is 35.2 Å². The summed E-state index contributed by atoms with van der Waals surface area (Å²) in [5.41, 5.74) is 1.22. The molecule has 1 saturated heterocycles. The zero-order valence-electron chi connectivity index (χ0n) is 11.2. The summed E-state index contributed by atoms with van der Waals surface area (Å²) >= 11 is 1.72. The lowest BCUT2D eigenvalue weighted by Gasteiger charge is -2.33. The van der Waals surface area contributed by atoms with E-state index in [9.17, 15) is 4.79 Å². The Morgan fingerprint density at radius 2 is 2.50 bits per heavy atom. The van der Waals surface area contributed by atoms with Gasteiger partial charge in [0.15, 0.2) is 5.82 Å². The van der Waals surface area contributed by atoms with Gasteiger partial charge in [-0.25, -0.2) is 4.98 Å². The maximum Gasteiger partial charge on any atom is 0.290 e. The molecule has 106 valence electrons. The van der Waals surface area contributed by atoms with Crippen molar-refractivity contribution < 1.29 is 0 Å². The standard InChI is InChI=1S/C14H18N4OS/c19-14-13(15-4-5-16-14)18-6-1-2-12(9-18)17-8-11-3-7-20-10-11/h3-5,7,10,12,17H,1-2,6,8-9H2,(H,16,19)/t12-/m0/s1. The maximum absolute atomic E-state index is 11.8. The summed E-state index contributed by atoms with van der Waals surface area (Å²) in [5.74, 6) is 0.537. The first-order valence-electron chi connectivity index (χ1n) is 6.86. The molecule has 2 N–H and O–H groups in total. The van der Waals surface area contributed by atoms with Crippen molar-refractivity contribution in [1.82, 2.24) is 15.3 Å². The number of H-pyrrole nitrogens is 1. The number of hydrogen-bond acceptors (Lipinski definition) is 5. The lowest BCUT2D eigenvalue weighted by molar-refractivity contribution is 0.419. The monoisotopic (exact) mass is 290 g/mol. The van der Waals surface area contributed by atoms with Crippen molar-refractivity contribution in [3.63, 3.8) is 0 Å². The van der Waals surface area contributed by atoms with E-state index < -0.39 is 0 Å². The predicted octanol–water partition coefficient (Wildman–Crippen LogP) is 1.59. The number of anilines is 1. The smallest absolute Gasteiger partial charge is 0.290 e. The molecule has 5 nitrogen and oxygen atoms in total. The van der Waals surface area contributed by atoms with Crippen LogP contribution in [0.5, 0.6) is 0 Å². The molecule has 0 aromatic carbocycles. The van der Waals surface area contributed by atoms with E-state index in [0.717, 1.165) is 32.5 Å². The average molecular weight is 290 g/mol. The minimum absolute atomic E-state index is 0.106. The van der Waals surface area contributed by atoms with Gasteiger partial charge in [-0.1, -0.05) is 0 Å². The molecule has 0 spiro atoms. The fourth-order valence-corrected chi connectivity index (χ4v) is 3.23. The van der Waals surface area contributed by atoms with Gasteiger partial charge >= 0.3 is 0 Å². The minimum atomic E-state index is -0.106. The summed E-state index contributed by atoms with van der Waals surface area (Å²) in [6.45, 7) is 2.63. The van der Waals surface area contributed by atoms with Crippen LogP contribution >= 0.6 is 11.3 Å². The van der Waals surface area contributed by atoms with Crippen molar-refractivity contribution >= 4 is 17.2 Å². The Kier molecular flexibility index (Phi) is 4.13. The van der Waals surface area contributed by atoms with Crippen LogP contribution in [0.1, 0.15) is 18.4 Å². The first-order valence-corrected chi connectivity index (χ1v) is 7.80. The molecule has 1 fully saturated rings. The second-order valence-electron chi connectivity index (χ2n) is 5.04. The minimum Gasteiger partial charge on any atom is -0.350 e. The average Bonchev–Trinajstić information content (AvgIpc) is 2.99. The molecule has 0 aliphatic carbocycles. The maximum atomic E-state index is 11.8. The van der Waals surface area contributed by atoms with Gasteiger partial charge in [0.25, 0.3) is 5.56 Å². The number of nitrogens with zero attached hydrogens (tertiary/aromatic N) is 2. The lowest BCUT2D eigenvalue weighted by atomic mass is 10.1. The Balaban J connectivity index is 1.62. The van der Waals surface area contributed by atoms with Gasteiger partial charge < -0.3 is 15.2 Å². The molecule has 3 rings (SSSR count). The number of piperidine rings is 1. The van der Waals surface area contributed by atoms with E-state index in [2.05, 4.69) is 37.0 Å². The van der Waals surface area contributed by atoms with Crippen molar-refractivity contribution in [3.8, 4) is 0 Å². The van der Waals surface area contributed by atoms with E-state index in [1.54, 1.807) is 23.7 Å². The summed E-state index contributed by atoms with van der Waals surface area (Å²) in [6, 6.07) is 2.55. The van der Waals surface area contributed by atoms with E-state index in [4.69, 9.17) is 0 Å². The van der Waals surface area contributed by atoms with E-state index in [1.807, 2.05) is 0 Å². The molecule has 0 bridgehead atoms. The van der Waals surface area contributed by atoms with Crippen LogP contribution < -0.4 is 15.8 Å². The molecule has 2 aromatic rings. The summed E-state index contributed by atoms with van der Waals surface area (Å²) in [6.07, 6.45) is 5.43. The topological polar surface area (TPSA) is 61.0 Å². The van der Waals surface area contributed by atoms with Gasteiger partial charge in [0.05, 0.1) is 0 Å². The van der Waals surface area contributed by atoms with Crippen LogP contribution in [0.3, 0.4) is 0 Å². The Bertz CT molecular complexity index is 595. The molecular weight excluding hydrogens is 272 g/mol. The van der Waals surface area contributed by atoms with Crippen LogP contribution in [-0.4, -0.2) is 29.1 Å². The fraction of sp³-hybridized carbons (Fsp3) is 0.429. The van der Waals surface area contributed by atoms with Gasteiger partial charge in [-0.15, -0.1) is 0 Å². The molecule has 0 saturated carbocycles. The quantitative estimate of drug-likeness (QED) is 0.898. The summed E-state index contributed by atoms with van der Waals surface area (Å²) < 4.78 is 0. The molecule has 20 heavy (non-hydrogen) atoms. The SMILES string of the molecule is O=c1[nH]ccnc1N1CCC[C@H](NCc2ccsc2)C1. The zero-order valence-corrected chi connectivity index (χ0v) is 12.0.